The Morgan fingerprint density at radius 2 is 1.93 bits per heavy atom. The van der Waals surface area contributed by atoms with E-state index in [0.29, 0.717) is 38.4 Å². The SMILES string of the molecule is [C-]#[N+]c1ccc(N2CCN(Cc3ccc(C(=O)OC)c(F)c3)CC2)c(F)c1Cl. The Labute approximate surface area is 166 Å². The third-order valence-electron chi connectivity index (χ3n) is 4.72. The molecule has 28 heavy (non-hydrogen) atoms. The minimum Gasteiger partial charge on any atom is -0.465 e. The number of piperazine rings is 1. The van der Waals surface area contributed by atoms with E-state index in [1.807, 2.05) is 4.90 Å². The Bertz CT molecular complexity index is 938. The molecule has 1 heterocycles. The molecule has 0 radical (unpaired) electrons. The molecule has 1 aliphatic heterocycles. The van der Waals surface area contributed by atoms with Crippen LogP contribution in [0.1, 0.15) is 15.9 Å². The van der Waals surface area contributed by atoms with E-state index in [9.17, 15) is 13.6 Å². The standard InChI is InChI=1S/C20H18ClF2N3O2/c1-24-16-5-6-17(19(23)18(16)21)26-9-7-25(8-10-26)12-13-3-4-14(15(22)11-13)20(27)28-2/h3-6,11H,7-10,12H2,2H3. The van der Waals surface area contributed by atoms with Gasteiger partial charge in [-0.1, -0.05) is 23.7 Å². The number of benzene rings is 2. The van der Waals surface area contributed by atoms with Crippen molar-refractivity contribution in [2.75, 3.05) is 38.2 Å². The molecule has 0 bridgehead atoms. The van der Waals surface area contributed by atoms with E-state index < -0.39 is 17.6 Å². The van der Waals surface area contributed by atoms with Gasteiger partial charge in [0.05, 0.1) is 30.0 Å². The third kappa shape index (κ3) is 4.08. The molecule has 2 aromatic rings. The summed E-state index contributed by atoms with van der Waals surface area (Å²) in [6.07, 6.45) is 0. The maximum atomic E-state index is 14.4. The molecule has 0 aromatic heterocycles. The number of anilines is 1. The Kier molecular flexibility index (Phi) is 6.12. The zero-order valence-electron chi connectivity index (χ0n) is 15.2. The van der Waals surface area contributed by atoms with Crippen molar-refractivity contribution >= 4 is 28.9 Å². The maximum absolute atomic E-state index is 14.4. The lowest BCUT2D eigenvalue weighted by atomic mass is 10.1. The quantitative estimate of drug-likeness (QED) is 0.562. The summed E-state index contributed by atoms with van der Waals surface area (Å²) >= 11 is 5.92. The fourth-order valence-electron chi connectivity index (χ4n) is 3.20. The first-order valence-corrected chi connectivity index (χ1v) is 9.02. The Hall–Kier alpha value is -2.69. The minimum absolute atomic E-state index is 0.0914. The number of methoxy groups -OCH3 is 1. The van der Waals surface area contributed by atoms with Crippen LogP contribution in [0.3, 0.4) is 0 Å². The predicted octanol–water partition coefficient (Wildman–Crippen LogP) is 4.28. The highest BCUT2D eigenvalue weighted by Crippen LogP contribution is 2.34. The first-order valence-electron chi connectivity index (χ1n) is 8.64. The number of carbonyl (C=O) groups is 1. The van der Waals surface area contributed by atoms with Gasteiger partial charge < -0.3 is 9.64 Å². The van der Waals surface area contributed by atoms with Crippen LogP contribution in [0, 0.1) is 18.2 Å². The molecular formula is C20H18ClF2N3O2. The molecule has 0 amide bonds. The molecule has 0 N–H and O–H groups in total. The highest BCUT2D eigenvalue weighted by Gasteiger charge is 2.22. The zero-order chi connectivity index (χ0) is 20.3. The van der Waals surface area contributed by atoms with Crippen molar-refractivity contribution < 1.29 is 18.3 Å². The Morgan fingerprint density at radius 3 is 2.54 bits per heavy atom. The monoisotopic (exact) mass is 405 g/mol. The molecule has 8 heteroatoms. The molecule has 0 unspecified atom stereocenters. The molecule has 1 aliphatic rings. The van der Waals surface area contributed by atoms with E-state index >= 15 is 0 Å². The fourth-order valence-corrected chi connectivity index (χ4v) is 3.40. The molecule has 5 nitrogen and oxygen atoms in total. The minimum atomic E-state index is -0.706. The number of ether oxygens (including phenoxy) is 1. The van der Waals surface area contributed by atoms with Gasteiger partial charge in [0.2, 0.25) is 5.69 Å². The summed E-state index contributed by atoms with van der Waals surface area (Å²) in [6.45, 7) is 9.98. The van der Waals surface area contributed by atoms with Crippen molar-refractivity contribution in [3.05, 3.63) is 69.5 Å². The van der Waals surface area contributed by atoms with Crippen LogP contribution in [-0.2, 0) is 11.3 Å². The van der Waals surface area contributed by atoms with Crippen LogP contribution in [0.4, 0.5) is 20.2 Å². The van der Waals surface area contributed by atoms with E-state index in [1.54, 1.807) is 12.1 Å². The molecule has 0 saturated carbocycles. The van der Waals surface area contributed by atoms with Gasteiger partial charge in [0.1, 0.15) is 5.82 Å². The highest BCUT2D eigenvalue weighted by molar-refractivity contribution is 6.33. The van der Waals surface area contributed by atoms with Gasteiger partial charge in [-0.2, -0.15) is 0 Å². The van der Waals surface area contributed by atoms with Crippen LogP contribution in [0.25, 0.3) is 4.85 Å². The maximum Gasteiger partial charge on any atom is 0.340 e. The van der Waals surface area contributed by atoms with Gasteiger partial charge in [-0.3, -0.25) is 4.90 Å². The molecule has 0 atom stereocenters. The lowest BCUT2D eigenvalue weighted by molar-refractivity contribution is 0.0595. The fraction of sp³-hybridized carbons (Fsp3) is 0.300. The Morgan fingerprint density at radius 1 is 1.21 bits per heavy atom. The summed E-state index contributed by atoms with van der Waals surface area (Å²) in [4.78, 5) is 18.7. The van der Waals surface area contributed by atoms with Crippen molar-refractivity contribution in [3.63, 3.8) is 0 Å². The van der Waals surface area contributed by atoms with Crippen LogP contribution < -0.4 is 4.90 Å². The Balaban J connectivity index is 1.64. The molecule has 0 aliphatic carbocycles. The second kappa shape index (κ2) is 8.55. The lowest BCUT2D eigenvalue weighted by Crippen LogP contribution is -2.46. The van der Waals surface area contributed by atoms with Crippen molar-refractivity contribution in [2.24, 2.45) is 0 Å². The highest BCUT2D eigenvalue weighted by atomic mass is 35.5. The van der Waals surface area contributed by atoms with E-state index in [0.717, 1.165) is 5.56 Å². The summed E-state index contributed by atoms with van der Waals surface area (Å²) in [7, 11) is 1.21. The number of esters is 1. The number of hydrogen-bond donors (Lipinski definition) is 0. The molecule has 2 aromatic carbocycles. The summed E-state index contributed by atoms with van der Waals surface area (Å²) in [6, 6.07) is 7.55. The third-order valence-corrected chi connectivity index (χ3v) is 5.08. The summed E-state index contributed by atoms with van der Waals surface area (Å²) in [5.74, 6) is -1.90. The van der Waals surface area contributed by atoms with E-state index in [2.05, 4.69) is 14.5 Å². The lowest BCUT2D eigenvalue weighted by Gasteiger charge is -2.36. The van der Waals surface area contributed by atoms with Gasteiger partial charge >= 0.3 is 5.97 Å². The molecule has 0 spiro atoms. The number of rotatable bonds is 4. The van der Waals surface area contributed by atoms with Gasteiger partial charge in [-0.05, 0) is 23.8 Å². The van der Waals surface area contributed by atoms with Crippen molar-refractivity contribution in [1.29, 1.82) is 0 Å². The van der Waals surface area contributed by atoms with Gasteiger partial charge in [0.15, 0.2) is 5.82 Å². The van der Waals surface area contributed by atoms with Gasteiger partial charge in [0.25, 0.3) is 0 Å². The summed E-state index contributed by atoms with van der Waals surface area (Å²) < 4.78 is 33.1. The number of carbonyl (C=O) groups excluding carboxylic acids is 1. The second-order valence-electron chi connectivity index (χ2n) is 6.41. The smallest absolute Gasteiger partial charge is 0.340 e. The average Bonchev–Trinajstić information content (AvgIpc) is 2.70. The van der Waals surface area contributed by atoms with Crippen molar-refractivity contribution in [1.82, 2.24) is 4.90 Å². The molecule has 146 valence electrons. The molecular weight excluding hydrogens is 388 g/mol. The van der Waals surface area contributed by atoms with Gasteiger partial charge in [-0.15, -0.1) is 0 Å². The van der Waals surface area contributed by atoms with Crippen LogP contribution >= 0.6 is 11.6 Å². The largest absolute Gasteiger partial charge is 0.465 e. The number of hydrogen-bond acceptors (Lipinski definition) is 4. The van der Waals surface area contributed by atoms with Gasteiger partial charge in [-0.25, -0.2) is 18.4 Å². The van der Waals surface area contributed by atoms with E-state index in [1.165, 1.54) is 25.3 Å². The molecule has 1 saturated heterocycles. The van der Waals surface area contributed by atoms with E-state index in [4.69, 9.17) is 18.2 Å². The number of nitrogens with zero attached hydrogens (tertiary/aromatic N) is 3. The van der Waals surface area contributed by atoms with Crippen molar-refractivity contribution in [3.8, 4) is 0 Å². The predicted molar refractivity (Wildman–Crippen MR) is 103 cm³/mol. The van der Waals surface area contributed by atoms with Crippen LogP contribution in [0.15, 0.2) is 30.3 Å². The zero-order valence-corrected chi connectivity index (χ0v) is 16.0. The molecule has 1 fully saturated rings. The average molecular weight is 406 g/mol. The topological polar surface area (TPSA) is 37.1 Å². The normalized spacial score (nSPS) is 14.6. The van der Waals surface area contributed by atoms with Crippen molar-refractivity contribution in [2.45, 2.75) is 6.54 Å². The summed E-state index contributed by atoms with van der Waals surface area (Å²) in [5, 5.41) is -0.156. The van der Waals surface area contributed by atoms with Crippen LogP contribution in [0.2, 0.25) is 5.02 Å². The van der Waals surface area contributed by atoms with Gasteiger partial charge in [0, 0.05) is 32.7 Å². The van der Waals surface area contributed by atoms with Crippen LogP contribution in [-0.4, -0.2) is 44.2 Å². The first-order chi connectivity index (χ1) is 13.4. The second-order valence-corrected chi connectivity index (χ2v) is 6.79. The number of halogens is 3. The summed E-state index contributed by atoms with van der Waals surface area (Å²) in [5.41, 5.74) is 1.13. The molecule has 3 rings (SSSR count). The first kappa shape index (κ1) is 20.1. The van der Waals surface area contributed by atoms with Crippen LogP contribution in [0.5, 0.6) is 0 Å². The van der Waals surface area contributed by atoms with E-state index in [-0.39, 0.29) is 16.3 Å².